The minimum Gasteiger partial charge on any atom is -0.496 e. The van der Waals surface area contributed by atoms with Crippen LogP contribution in [0.3, 0.4) is 0 Å². The van der Waals surface area contributed by atoms with Gasteiger partial charge >= 0.3 is 0 Å². The molecule has 2 rings (SSSR count). The second-order valence-electron chi connectivity index (χ2n) is 10.4. The first-order valence-corrected chi connectivity index (χ1v) is 16.7. The van der Waals surface area contributed by atoms with Crippen molar-refractivity contribution in [1.29, 1.82) is 0 Å². The monoisotopic (exact) mass is 686 g/mol. The quantitative estimate of drug-likeness (QED) is 0.104. The van der Waals surface area contributed by atoms with Gasteiger partial charge in [-0.2, -0.15) is 0 Å². The largest absolute Gasteiger partial charge is 0.496 e. The molecule has 0 atom stereocenters. The lowest BCUT2D eigenvalue weighted by Gasteiger charge is -2.18. The number of hydrogen-bond acceptors (Lipinski definition) is 5. The van der Waals surface area contributed by atoms with Crippen LogP contribution in [-0.4, -0.2) is 38.2 Å². The summed E-state index contributed by atoms with van der Waals surface area (Å²) in [5.74, 6) is 1.06. The lowest BCUT2D eigenvalue weighted by atomic mass is 9.94. The number of benzene rings is 2. The first-order valence-electron chi connectivity index (χ1n) is 16.7. The van der Waals surface area contributed by atoms with E-state index in [0.29, 0.717) is 25.2 Å². The standard InChI is InChI=1S/C23H34O3.C10H11FO.C4H8.C3H8.CH2O2.CH4/c1-8-11-18(5)20(13-12-17(4)9-2)23-21(24-6)14-19(16-26-10-3)15-22(23)25-7;1-3-9(12)10-7(2)5-4-6-8(10)11;1-3-4-2;1-3-2;2-1-3;/h11-15H,8-10,16H2,1-7H3;4-6H,3H2,1-2H3;3-4H,1-2H3;3H2,1-2H3;1H,(H,2,3);1H4/b17-12-,18-11-,20-13+;;4-3-;;;. The molecule has 0 bridgehead atoms. The number of rotatable bonds is 12. The summed E-state index contributed by atoms with van der Waals surface area (Å²) in [5.41, 5.74) is 6.64. The van der Waals surface area contributed by atoms with E-state index < -0.39 is 5.82 Å². The summed E-state index contributed by atoms with van der Waals surface area (Å²) >= 11 is 0. The van der Waals surface area contributed by atoms with Crippen LogP contribution in [0.1, 0.15) is 129 Å². The molecule has 0 aliphatic rings. The van der Waals surface area contributed by atoms with Crippen LogP contribution in [0.5, 0.6) is 11.5 Å². The predicted molar refractivity (Wildman–Crippen MR) is 209 cm³/mol. The number of halogens is 1. The zero-order valence-electron chi connectivity index (χ0n) is 32.0. The number of carboxylic acid groups (broad SMARTS) is 1. The molecular weight excluding hydrogens is 619 g/mol. The number of aryl methyl sites for hydroxylation is 1. The van der Waals surface area contributed by atoms with Gasteiger partial charge in [-0.25, -0.2) is 4.39 Å². The highest BCUT2D eigenvalue weighted by molar-refractivity contribution is 5.97. The highest BCUT2D eigenvalue weighted by atomic mass is 19.1. The summed E-state index contributed by atoms with van der Waals surface area (Å²) in [6, 6.07) is 8.74. The van der Waals surface area contributed by atoms with Gasteiger partial charge in [0.05, 0.1) is 32.0 Å². The van der Waals surface area contributed by atoms with Gasteiger partial charge in [-0.3, -0.25) is 9.59 Å². The molecule has 0 radical (unpaired) electrons. The van der Waals surface area contributed by atoms with E-state index in [4.69, 9.17) is 24.1 Å². The van der Waals surface area contributed by atoms with Gasteiger partial charge in [-0.1, -0.05) is 96.6 Å². The first kappa shape index (κ1) is 51.9. The maximum Gasteiger partial charge on any atom is 0.290 e. The number of allylic oxidation sites excluding steroid dienone is 8. The summed E-state index contributed by atoms with van der Waals surface area (Å²) < 4.78 is 30.1. The maximum absolute atomic E-state index is 13.1. The van der Waals surface area contributed by atoms with Gasteiger partial charge in [-0.15, -0.1) is 0 Å². The van der Waals surface area contributed by atoms with Gasteiger partial charge in [0, 0.05) is 13.0 Å². The molecule has 0 aliphatic carbocycles. The Hall–Kier alpha value is -3.97. The molecule has 0 amide bonds. The van der Waals surface area contributed by atoms with Crippen LogP contribution in [0, 0.1) is 12.7 Å². The molecule has 0 saturated heterocycles. The number of ketones is 1. The molecular formula is C42H67FO6. The fourth-order valence-electron chi connectivity index (χ4n) is 3.87. The topological polar surface area (TPSA) is 82.1 Å². The van der Waals surface area contributed by atoms with Crippen molar-refractivity contribution in [2.75, 3.05) is 20.8 Å². The van der Waals surface area contributed by atoms with Crippen molar-refractivity contribution in [3.63, 3.8) is 0 Å². The molecule has 2 aromatic carbocycles. The predicted octanol–water partition coefficient (Wildman–Crippen LogP) is 12.4. The SMILES string of the molecule is C.C/C=C\C.CCC.CCC(=O)c1c(C)cccc1F.CC\C=C(C)/C(=C\C=C(\C)CC)c1c(OC)cc(COCC)cc1OC.O=CO. The van der Waals surface area contributed by atoms with E-state index in [1.807, 2.05) is 45.1 Å². The third-order valence-electron chi connectivity index (χ3n) is 6.49. The molecule has 2 aromatic rings. The number of carbonyl (C=O) groups excluding carboxylic acids is 1. The lowest BCUT2D eigenvalue weighted by Crippen LogP contribution is -2.02. The highest BCUT2D eigenvalue weighted by Crippen LogP contribution is 2.40. The molecule has 0 aromatic heterocycles. The maximum atomic E-state index is 13.1. The van der Waals surface area contributed by atoms with Crippen molar-refractivity contribution in [1.82, 2.24) is 0 Å². The van der Waals surface area contributed by atoms with Crippen LogP contribution in [0.15, 0.2) is 71.9 Å². The van der Waals surface area contributed by atoms with Gasteiger partial charge in [0.1, 0.15) is 17.3 Å². The number of hydrogen-bond donors (Lipinski definition) is 1. The third-order valence-corrected chi connectivity index (χ3v) is 6.49. The van der Waals surface area contributed by atoms with Crippen LogP contribution in [0.25, 0.3) is 5.57 Å². The fourth-order valence-corrected chi connectivity index (χ4v) is 3.87. The molecule has 6 nitrogen and oxygen atoms in total. The van der Waals surface area contributed by atoms with Crippen molar-refractivity contribution in [2.45, 2.75) is 116 Å². The number of ether oxygens (including phenoxy) is 3. The van der Waals surface area contributed by atoms with E-state index >= 15 is 0 Å². The Bertz CT molecular complexity index is 1240. The fraction of sp³-hybridized carbons (Fsp3) is 0.476. The van der Waals surface area contributed by atoms with Crippen molar-refractivity contribution < 1.29 is 33.3 Å². The Morgan fingerprint density at radius 3 is 1.76 bits per heavy atom. The van der Waals surface area contributed by atoms with E-state index in [-0.39, 0.29) is 25.2 Å². The van der Waals surface area contributed by atoms with Gasteiger partial charge in [-0.05, 0) is 94.9 Å². The zero-order valence-corrected chi connectivity index (χ0v) is 32.0. The van der Waals surface area contributed by atoms with Crippen LogP contribution in [-0.2, 0) is 16.1 Å². The molecule has 49 heavy (non-hydrogen) atoms. The smallest absolute Gasteiger partial charge is 0.290 e. The third kappa shape index (κ3) is 22.3. The number of methoxy groups -OCH3 is 2. The van der Waals surface area contributed by atoms with Crippen molar-refractivity contribution >= 4 is 17.8 Å². The average molecular weight is 687 g/mol. The van der Waals surface area contributed by atoms with Crippen LogP contribution >= 0.6 is 0 Å². The second-order valence-corrected chi connectivity index (χ2v) is 10.4. The normalized spacial score (nSPS) is 10.8. The molecule has 0 fully saturated rings. The molecule has 7 heteroatoms. The average Bonchev–Trinajstić information content (AvgIpc) is 3.08. The summed E-state index contributed by atoms with van der Waals surface area (Å²) in [4.78, 5) is 19.6. The number of carbonyl (C=O) groups is 2. The van der Waals surface area contributed by atoms with Gasteiger partial charge in [0.25, 0.3) is 6.47 Å². The number of Topliss-reactive ketones (excluding diaryl/α,β-unsaturated/α-hetero) is 1. The van der Waals surface area contributed by atoms with Crippen molar-refractivity contribution in [3.05, 3.63) is 99.9 Å². The van der Waals surface area contributed by atoms with Gasteiger partial charge < -0.3 is 19.3 Å². The molecule has 1 N–H and O–H groups in total. The van der Waals surface area contributed by atoms with Crippen LogP contribution < -0.4 is 9.47 Å². The van der Waals surface area contributed by atoms with Crippen LogP contribution in [0.2, 0.25) is 0 Å². The van der Waals surface area contributed by atoms with E-state index in [1.165, 1.54) is 23.6 Å². The Morgan fingerprint density at radius 2 is 1.39 bits per heavy atom. The molecule has 0 saturated carbocycles. The summed E-state index contributed by atoms with van der Waals surface area (Å²) in [5, 5.41) is 6.89. The Balaban J connectivity index is -0.000000362. The minimum absolute atomic E-state index is 0. The Morgan fingerprint density at radius 1 is 0.878 bits per heavy atom. The lowest BCUT2D eigenvalue weighted by molar-refractivity contribution is -0.122. The molecule has 0 unspecified atom stereocenters. The van der Waals surface area contributed by atoms with E-state index in [1.54, 1.807) is 40.2 Å². The van der Waals surface area contributed by atoms with E-state index in [0.717, 1.165) is 41.0 Å². The van der Waals surface area contributed by atoms with E-state index in [9.17, 15) is 9.18 Å². The first-order chi connectivity index (χ1) is 22.9. The Labute approximate surface area is 298 Å². The zero-order chi connectivity index (χ0) is 37.5. The summed E-state index contributed by atoms with van der Waals surface area (Å²) in [6.45, 7) is 23.3. The molecule has 0 heterocycles. The van der Waals surface area contributed by atoms with Crippen LogP contribution in [0.4, 0.5) is 4.39 Å². The molecule has 0 aliphatic heterocycles. The highest BCUT2D eigenvalue weighted by Gasteiger charge is 2.18. The summed E-state index contributed by atoms with van der Waals surface area (Å²) in [7, 11) is 3.40. The van der Waals surface area contributed by atoms with E-state index in [2.05, 4.69) is 59.8 Å². The summed E-state index contributed by atoms with van der Waals surface area (Å²) in [6.07, 6.45) is 14.2. The molecule has 278 valence electrons. The van der Waals surface area contributed by atoms with Crippen molar-refractivity contribution in [3.8, 4) is 11.5 Å². The second kappa shape index (κ2) is 33.9. The van der Waals surface area contributed by atoms with Crippen molar-refractivity contribution in [2.24, 2.45) is 0 Å². The minimum atomic E-state index is -0.415. The molecule has 0 spiro atoms. The van der Waals surface area contributed by atoms with Gasteiger partial charge in [0.15, 0.2) is 5.78 Å². The Kier molecular flexibility index (Phi) is 35.9. The van der Waals surface area contributed by atoms with Gasteiger partial charge in [0.2, 0.25) is 0 Å².